The van der Waals surface area contributed by atoms with Gasteiger partial charge in [0.05, 0.1) is 0 Å². The Morgan fingerprint density at radius 3 is 1.77 bits per heavy atom. The Hall–Kier alpha value is -0.130. The van der Waals surface area contributed by atoms with Crippen LogP contribution in [-0.4, -0.2) is 20.5 Å². The smallest absolute Gasteiger partial charge is 0.199 e. The van der Waals surface area contributed by atoms with Gasteiger partial charge in [-0.1, -0.05) is 12.8 Å². The molecule has 0 radical (unpaired) electrons. The number of nitrogens with one attached hydrogen (secondary N) is 2. The van der Waals surface area contributed by atoms with E-state index in [1.807, 2.05) is 0 Å². The highest BCUT2D eigenvalue weighted by Gasteiger charge is 2.28. The van der Waals surface area contributed by atoms with Gasteiger partial charge in [0.2, 0.25) is 0 Å². The van der Waals surface area contributed by atoms with Crippen LogP contribution in [0.4, 0.5) is 0 Å². The summed E-state index contributed by atoms with van der Waals surface area (Å²) in [5, 5.41) is 0. The molecule has 5 heteroatoms. The molecular weight excluding hydrogens is 188 g/mol. The molecule has 0 heterocycles. The minimum atomic E-state index is -3.20. The maximum absolute atomic E-state index is 11.4. The third-order valence-corrected chi connectivity index (χ3v) is 3.86. The third-order valence-electron chi connectivity index (χ3n) is 2.58. The van der Waals surface area contributed by atoms with E-state index >= 15 is 0 Å². The summed E-state index contributed by atoms with van der Waals surface area (Å²) in [7, 11) is -3.20. The zero-order valence-electron chi connectivity index (χ0n) is 7.62. The molecule has 0 spiro atoms. The van der Waals surface area contributed by atoms with E-state index in [9.17, 15) is 8.42 Å². The van der Waals surface area contributed by atoms with Gasteiger partial charge in [-0.3, -0.25) is 0 Å². The predicted molar refractivity (Wildman–Crippen MR) is 50.5 cm³/mol. The molecule has 0 bridgehead atoms. The van der Waals surface area contributed by atoms with Crippen molar-refractivity contribution in [2.45, 2.75) is 50.6 Å². The van der Waals surface area contributed by atoms with Crippen LogP contribution in [0.5, 0.6) is 0 Å². The molecule has 2 saturated carbocycles. The fourth-order valence-corrected chi connectivity index (χ4v) is 3.13. The van der Waals surface area contributed by atoms with Gasteiger partial charge in [0.25, 0.3) is 10.2 Å². The molecule has 0 atom stereocenters. The molecule has 0 aromatic rings. The van der Waals surface area contributed by atoms with E-state index in [2.05, 4.69) is 9.44 Å². The first-order valence-corrected chi connectivity index (χ1v) is 6.44. The summed E-state index contributed by atoms with van der Waals surface area (Å²) in [5.41, 5.74) is 0. The number of hydrogen-bond donors (Lipinski definition) is 2. The van der Waals surface area contributed by atoms with E-state index < -0.39 is 10.2 Å². The predicted octanol–water partition coefficient (Wildman–Crippen LogP) is 0.515. The van der Waals surface area contributed by atoms with Gasteiger partial charge in [-0.2, -0.15) is 17.9 Å². The van der Waals surface area contributed by atoms with Crippen molar-refractivity contribution in [3.05, 3.63) is 0 Å². The van der Waals surface area contributed by atoms with Crippen LogP contribution in [0.1, 0.15) is 38.5 Å². The number of rotatable bonds is 4. The fraction of sp³-hybridized carbons (Fsp3) is 1.00. The van der Waals surface area contributed by atoms with Crippen LogP contribution in [0, 0.1) is 0 Å². The molecule has 76 valence electrons. The molecule has 0 aliphatic heterocycles. The van der Waals surface area contributed by atoms with E-state index in [0.29, 0.717) is 0 Å². The van der Waals surface area contributed by atoms with E-state index in [0.717, 1.165) is 38.5 Å². The molecule has 0 aromatic heterocycles. The highest BCUT2D eigenvalue weighted by molar-refractivity contribution is 7.87. The Kier molecular flexibility index (Phi) is 2.58. The van der Waals surface area contributed by atoms with Crippen LogP contribution in [0.3, 0.4) is 0 Å². The van der Waals surface area contributed by atoms with Crippen LogP contribution in [0.2, 0.25) is 0 Å². The van der Waals surface area contributed by atoms with Crippen LogP contribution < -0.4 is 9.44 Å². The molecule has 0 amide bonds. The average Bonchev–Trinajstić information content (AvgIpc) is 2.64. The molecule has 2 aliphatic carbocycles. The van der Waals surface area contributed by atoms with Gasteiger partial charge >= 0.3 is 0 Å². The summed E-state index contributed by atoms with van der Waals surface area (Å²) >= 11 is 0. The lowest BCUT2D eigenvalue weighted by atomic mass is 10.3. The topological polar surface area (TPSA) is 58.2 Å². The van der Waals surface area contributed by atoms with Crippen LogP contribution in [0.15, 0.2) is 0 Å². The van der Waals surface area contributed by atoms with Crippen molar-refractivity contribution in [2.24, 2.45) is 0 Å². The minimum Gasteiger partial charge on any atom is -0.199 e. The Bertz CT molecular complexity index is 266. The highest BCUT2D eigenvalue weighted by atomic mass is 32.2. The van der Waals surface area contributed by atoms with Crippen LogP contribution >= 0.6 is 0 Å². The van der Waals surface area contributed by atoms with Crippen molar-refractivity contribution in [3.63, 3.8) is 0 Å². The van der Waals surface area contributed by atoms with Gasteiger partial charge < -0.3 is 0 Å². The van der Waals surface area contributed by atoms with Gasteiger partial charge in [0, 0.05) is 12.1 Å². The first-order valence-electron chi connectivity index (χ1n) is 4.95. The second-order valence-electron chi connectivity index (χ2n) is 3.99. The molecule has 0 saturated heterocycles. The SMILES string of the molecule is O=S(=O)(NC1CCCC1)NC1CC1. The van der Waals surface area contributed by atoms with Crippen molar-refractivity contribution in [1.29, 1.82) is 0 Å². The summed E-state index contributed by atoms with van der Waals surface area (Å²) in [6.45, 7) is 0. The van der Waals surface area contributed by atoms with Gasteiger partial charge in [-0.05, 0) is 25.7 Å². The van der Waals surface area contributed by atoms with E-state index in [-0.39, 0.29) is 12.1 Å². The lowest BCUT2D eigenvalue weighted by Crippen LogP contribution is -2.42. The molecule has 0 unspecified atom stereocenters. The van der Waals surface area contributed by atoms with Crippen molar-refractivity contribution in [2.75, 3.05) is 0 Å². The standard InChI is InChI=1S/C8H16N2O2S/c11-13(12,10-8-5-6-8)9-7-3-1-2-4-7/h7-10H,1-6H2. The van der Waals surface area contributed by atoms with Gasteiger partial charge in [0.15, 0.2) is 0 Å². The highest BCUT2D eigenvalue weighted by Crippen LogP contribution is 2.21. The third kappa shape index (κ3) is 2.93. The Morgan fingerprint density at radius 1 is 0.846 bits per heavy atom. The van der Waals surface area contributed by atoms with Crippen LogP contribution in [-0.2, 0) is 10.2 Å². The Morgan fingerprint density at radius 2 is 1.31 bits per heavy atom. The molecule has 4 nitrogen and oxygen atoms in total. The summed E-state index contributed by atoms with van der Waals surface area (Å²) < 4.78 is 28.1. The van der Waals surface area contributed by atoms with E-state index in [1.165, 1.54) is 0 Å². The fourth-order valence-electron chi connectivity index (χ4n) is 1.72. The first kappa shape index (κ1) is 9.43. The van der Waals surface area contributed by atoms with Crippen molar-refractivity contribution in [1.82, 2.24) is 9.44 Å². The lowest BCUT2D eigenvalue weighted by molar-refractivity contribution is 0.538. The second-order valence-corrected chi connectivity index (χ2v) is 5.47. The molecule has 2 fully saturated rings. The van der Waals surface area contributed by atoms with Gasteiger partial charge in [-0.15, -0.1) is 0 Å². The first-order chi connectivity index (χ1) is 6.16. The van der Waals surface area contributed by atoms with Gasteiger partial charge in [-0.25, -0.2) is 0 Å². The summed E-state index contributed by atoms with van der Waals surface area (Å²) in [4.78, 5) is 0. The largest absolute Gasteiger partial charge is 0.277 e. The van der Waals surface area contributed by atoms with Crippen molar-refractivity contribution in [3.8, 4) is 0 Å². The minimum absolute atomic E-state index is 0.177. The Labute approximate surface area is 79.3 Å². The quantitative estimate of drug-likeness (QED) is 0.701. The monoisotopic (exact) mass is 204 g/mol. The van der Waals surface area contributed by atoms with Gasteiger partial charge in [0.1, 0.15) is 0 Å². The normalized spacial score (nSPS) is 25.2. The lowest BCUT2D eigenvalue weighted by Gasteiger charge is -2.12. The number of hydrogen-bond acceptors (Lipinski definition) is 2. The maximum Gasteiger partial charge on any atom is 0.277 e. The van der Waals surface area contributed by atoms with E-state index in [1.54, 1.807) is 0 Å². The average molecular weight is 204 g/mol. The Balaban J connectivity index is 1.83. The molecule has 0 aromatic carbocycles. The summed E-state index contributed by atoms with van der Waals surface area (Å²) in [5.74, 6) is 0. The van der Waals surface area contributed by atoms with E-state index in [4.69, 9.17) is 0 Å². The zero-order valence-corrected chi connectivity index (χ0v) is 8.44. The molecule has 2 rings (SSSR count). The summed E-state index contributed by atoms with van der Waals surface area (Å²) in [6.07, 6.45) is 6.27. The molecule has 13 heavy (non-hydrogen) atoms. The second kappa shape index (κ2) is 3.55. The molecule has 2 aliphatic rings. The van der Waals surface area contributed by atoms with Crippen molar-refractivity contribution < 1.29 is 8.42 Å². The zero-order chi connectivity index (χ0) is 9.31. The summed E-state index contributed by atoms with van der Waals surface area (Å²) in [6, 6.07) is 0.384. The maximum atomic E-state index is 11.4. The van der Waals surface area contributed by atoms with Crippen molar-refractivity contribution >= 4 is 10.2 Å². The molecule has 2 N–H and O–H groups in total. The van der Waals surface area contributed by atoms with Crippen LogP contribution in [0.25, 0.3) is 0 Å². The molecular formula is C8H16N2O2S.